The second-order valence-corrected chi connectivity index (χ2v) is 6.22. The molecule has 0 saturated heterocycles. The van der Waals surface area contributed by atoms with Gasteiger partial charge in [-0.15, -0.1) is 0 Å². The Labute approximate surface area is 139 Å². The summed E-state index contributed by atoms with van der Waals surface area (Å²) >= 11 is 0. The molecule has 1 aromatic carbocycles. The highest BCUT2D eigenvalue weighted by atomic mass is 15.3. The minimum Gasteiger partial charge on any atom is -0.367 e. The van der Waals surface area contributed by atoms with Crippen LogP contribution >= 0.6 is 0 Å². The van der Waals surface area contributed by atoms with E-state index in [-0.39, 0.29) is 0 Å². The maximum absolute atomic E-state index is 4.74. The fraction of sp³-hybridized carbons (Fsp3) is 0.474. The molecule has 0 unspecified atom stereocenters. The molecule has 0 bridgehead atoms. The molecule has 1 heterocycles. The molecule has 1 N–H and O–H groups in total. The molecular weight excluding hydrogens is 284 g/mol. The lowest BCUT2D eigenvalue weighted by atomic mass is 9.95. The van der Waals surface area contributed by atoms with Gasteiger partial charge < -0.3 is 10.2 Å². The first-order valence-corrected chi connectivity index (χ1v) is 8.73. The van der Waals surface area contributed by atoms with Gasteiger partial charge in [0, 0.05) is 25.3 Å². The first kappa shape index (κ1) is 15.8. The lowest BCUT2D eigenvalue weighted by Crippen LogP contribution is -2.26. The van der Waals surface area contributed by atoms with E-state index in [2.05, 4.69) is 46.4 Å². The molecule has 0 aliphatic heterocycles. The fourth-order valence-corrected chi connectivity index (χ4v) is 3.16. The molecule has 4 heteroatoms. The van der Waals surface area contributed by atoms with Crippen molar-refractivity contribution in [2.75, 3.05) is 16.8 Å². The van der Waals surface area contributed by atoms with Gasteiger partial charge in [-0.1, -0.05) is 49.6 Å². The number of aromatic nitrogens is 2. The van der Waals surface area contributed by atoms with E-state index in [9.17, 15) is 0 Å². The number of nitrogens with one attached hydrogen (secondary N) is 1. The monoisotopic (exact) mass is 310 g/mol. The first-order chi connectivity index (χ1) is 11.3. The molecule has 0 atom stereocenters. The second-order valence-electron chi connectivity index (χ2n) is 6.22. The quantitative estimate of drug-likeness (QED) is 0.866. The molecule has 0 spiro atoms. The van der Waals surface area contributed by atoms with Crippen LogP contribution in [0.1, 0.15) is 44.6 Å². The van der Waals surface area contributed by atoms with Crippen LogP contribution in [0, 0.1) is 0 Å². The van der Waals surface area contributed by atoms with Crippen molar-refractivity contribution >= 4 is 11.8 Å². The highest BCUT2D eigenvalue weighted by molar-refractivity contribution is 5.42. The van der Waals surface area contributed by atoms with Crippen LogP contribution in [0.15, 0.2) is 42.6 Å². The van der Waals surface area contributed by atoms with Crippen LogP contribution < -0.4 is 10.2 Å². The van der Waals surface area contributed by atoms with Gasteiger partial charge >= 0.3 is 0 Å². The van der Waals surface area contributed by atoms with E-state index in [0.29, 0.717) is 6.04 Å². The minimum atomic E-state index is 0.565. The lowest BCUT2D eigenvalue weighted by Gasteiger charge is -2.25. The smallest absolute Gasteiger partial charge is 0.227 e. The third-order valence-corrected chi connectivity index (χ3v) is 4.48. The number of anilines is 2. The van der Waals surface area contributed by atoms with Crippen molar-refractivity contribution in [3.8, 4) is 0 Å². The molecule has 0 radical (unpaired) electrons. The first-order valence-electron chi connectivity index (χ1n) is 8.73. The predicted octanol–water partition coefficient (Wildman–Crippen LogP) is 4.25. The molecule has 1 saturated carbocycles. The predicted molar refractivity (Wildman–Crippen MR) is 95.7 cm³/mol. The van der Waals surface area contributed by atoms with Crippen LogP contribution in [-0.2, 0) is 6.54 Å². The summed E-state index contributed by atoms with van der Waals surface area (Å²) in [5, 5.41) is 3.59. The molecule has 0 amide bonds. The van der Waals surface area contributed by atoms with Crippen LogP contribution in [0.25, 0.3) is 0 Å². The van der Waals surface area contributed by atoms with Crippen LogP contribution in [-0.4, -0.2) is 22.6 Å². The average molecular weight is 310 g/mol. The Kier molecular flexibility index (Phi) is 5.46. The average Bonchev–Trinajstić information content (AvgIpc) is 2.62. The summed E-state index contributed by atoms with van der Waals surface area (Å²) in [5.74, 6) is 1.76. The van der Waals surface area contributed by atoms with E-state index >= 15 is 0 Å². The van der Waals surface area contributed by atoms with E-state index in [1.807, 2.05) is 18.3 Å². The topological polar surface area (TPSA) is 41.1 Å². The van der Waals surface area contributed by atoms with E-state index in [4.69, 9.17) is 4.98 Å². The molecule has 4 nitrogen and oxygen atoms in total. The van der Waals surface area contributed by atoms with Crippen molar-refractivity contribution in [1.82, 2.24) is 9.97 Å². The number of hydrogen-bond donors (Lipinski definition) is 1. The third kappa shape index (κ3) is 4.44. The highest BCUT2D eigenvalue weighted by Crippen LogP contribution is 2.21. The summed E-state index contributed by atoms with van der Waals surface area (Å²) in [4.78, 5) is 11.4. The summed E-state index contributed by atoms with van der Waals surface area (Å²) in [6.45, 7) is 3.87. The van der Waals surface area contributed by atoms with Crippen molar-refractivity contribution in [1.29, 1.82) is 0 Å². The minimum absolute atomic E-state index is 0.565. The van der Waals surface area contributed by atoms with Gasteiger partial charge in [0.2, 0.25) is 5.95 Å². The summed E-state index contributed by atoms with van der Waals surface area (Å²) in [7, 11) is 0. The van der Waals surface area contributed by atoms with Crippen molar-refractivity contribution in [2.45, 2.75) is 51.6 Å². The Hall–Kier alpha value is -2.10. The summed E-state index contributed by atoms with van der Waals surface area (Å²) in [6, 6.07) is 13.0. The lowest BCUT2D eigenvalue weighted by molar-refractivity contribution is 0.462. The largest absolute Gasteiger partial charge is 0.367 e. The van der Waals surface area contributed by atoms with Gasteiger partial charge in [-0.3, -0.25) is 0 Å². The Balaban J connectivity index is 1.69. The molecule has 2 aromatic rings. The van der Waals surface area contributed by atoms with Gasteiger partial charge in [0.25, 0.3) is 0 Å². The summed E-state index contributed by atoms with van der Waals surface area (Å²) < 4.78 is 0. The van der Waals surface area contributed by atoms with Crippen molar-refractivity contribution in [2.24, 2.45) is 0 Å². The molecule has 1 aliphatic carbocycles. The summed E-state index contributed by atoms with van der Waals surface area (Å²) in [5.41, 5.74) is 1.28. The van der Waals surface area contributed by atoms with Crippen molar-refractivity contribution < 1.29 is 0 Å². The van der Waals surface area contributed by atoms with E-state index in [0.717, 1.165) is 24.9 Å². The second kappa shape index (κ2) is 7.95. The van der Waals surface area contributed by atoms with Crippen molar-refractivity contribution in [3.05, 3.63) is 48.2 Å². The summed E-state index contributed by atoms with van der Waals surface area (Å²) in [6.07, 6.45) is 8.38. The van der Waals surface area contributed by atoms with Crippen LogP contribution in [0.3, 0.4) is 0 Å². The molecule has 23 heavy (non-hydrogen) atoms. The zero-order valence-electron chi connectivity index (χ0n) is 13.9. The molecular formula is C19H26N4. The van der Waals surface area contributed by atoms with Crippen LogP contribution in [0.4, 0.5) is 11.8 Å². The van der Waals surface area contributed by atoms with E-state index in [1.165, 1.54) is 37.7 Å². The van der Waals surface area contributed by atoms with Crippen LogP contribution in [0.2, 0.25) is 0 Å². The zero-order chi connectivity index (χ0) is 15.9. The van der Waals surface area contributed by atoms with Gasteiger partial charge in [0.1, 0.15) is 5.82 Å². The van der Waals surface area contributed by atoms with Gasteiger partial charge in [-0.25, -0.2) is 4.98 Å². The molecule has 1 aliphatic rings. The molecule has 122 valence electrons. The number of benzene rings is 1. The standard InChI is InChI=1S/C19H26N4/c1-2-23(15-16-9-5-3-6-10-16)19-20-14-13-18(22-19)21-17-11-7-4-8-12-17/h3,5-6,9-10,13-14,17H,2,4,7-8,11-12,15H2,1H3,(H,20,21,22). The van der Waals surface area contributed by atoms with E-state index < -0.39 is 0 Å². The van der Waals surface area contributed by atoms with Gasteiger partial charge in [-0.05, 0) is 31.4 Å². The maximum atomic E-state index is 4.74. The van der Waals surface area contributed by atoms with Gasteiger partial charge in [-0.2, -0.15) is 4.98 Å². The Morgan fingerprint density at radius 1 is 1.09 bits per heavy atom. The highest BCUT2D eigenvalue weighted by Gasteiger charge is 2.15. The zero-order valence-corrected chi connectivity index (χ0v) is 13.9. The SMILES string of the molecule is CCN(Cc1ccccc1)c1nccc(NC2CCCCC2)n1. The number of rotatable bonds is 6. The van der Waals surface area contributed by atoms with Crippen LogP contribution in [0.5, 0.6) is 0 Å². The molecule has 3 rings (SSSR count). The normalized spacial score (nSPS) is 15.3. The molecule has 1 fully saturated rings. The van der Waals surface area contributed by atoms with Crippen molar-refractivity contribution in [3.63, 3.8) is 0 Å². The maximum Gasteiger partial charge on any atom is 0.227 e. The third-order valence-electron chi connectivity index (χ3n) is 4.48. The Morgan fingerprint density at radius 2 is 1.87 bits per heavy atom. The fourth-order valence-electron chi connectivity index (χ4n) is 3.16. The Bertz CT molecular complexity index is 593. The Morgan fingerprint density at radius 3 is 2.61 bits per heavy atom. The number of nitrogens with zero attached hydrogens (tertiary/aromatic N) is 3. The van der Waals surface area contributed by atoms with Gasteiger partial charge in [0.05, 0.1) is 0 Å². The van der Waals surface area contributed by atoms with E-state index in [1.54, 1.807) is 0 Å². The molecule has 1 aromatic heterocycles. The number of hydrogen-bond acceptors (Lipinski definition) is 4. The van der Waals surface area contributed by atoms with Gasteiger partial charge in [0.15, 0.2) is 0 Å².